The van der Waals surface area contributed by atoms with Gasteiger partial charge < -0.3 is 5.32 Å². The number of carbonyl (C=O) groups is 2. The minimum absolute atomic E-state index is 0.0693. The minimum Gasteiger partial charge on any atom is -0.352 e. The van der Waals surface area contributed by atoms with Crippen LogP contribution in [0.3, 0.4) is 0 Å². The number of halogens is 1. The molecule has 1 saturated carbocycles. The monoisotopic (exact) mass is 506 g/mol. The van der Waals surface area contributed by atoms with Crippen LogP contribution < -0.4 is 10.2 Å². The fourth-order valence-electron chi connectivity index (χ4n) is 4.59. The Morgan fingerprint density at radius 2 is 1.83 bits per heavy atom. The number of nitrogens with zero attached hydrogens (tertiary/aromatic N) is 3. The van der Waals surface area contributed by atoms with E-state index >= 15 is 0 Å². The number of para-hydroxylation sites is 1. The number of fused-ring (bicyclic) bond motifs is 1. The molecule has 2 heterocycles. The predicted octanol–water partition coefficient (Wildman–Crippen LogP) is 5.07. The highest BCUT2D eigenvalue weighted by Crippen LogP contribution is 2.48. The van der Waals surface area contributed by atoms with Crippen LogP contribution in [0.25, 0.3) is 5.69 Å². The number of aromatic nitrogens is 2. The summed E-state index contributed by atoms with van der Waals surface area (Å²) in [5.74, 6) is 0.192. The summed E-state index contributed by atoms with van der Waals surface area (Å²) in [6.45, 7) is 8.23. The van der Waals surface area contributed by atoms with Crippen molar-refractivity contribution < 1.29 is 14.0 Å². The molecule has 188 valence electrons. The van der Waals surface area contributed by atoms with Gasteiger partial charge in [0, 0.05) is 17.0 Å². The molecule has 0 spiro atoms. The van der Waals surface area contributed by atoms with E-state index in [-0.39, 0.29) is 46.6 Å². The average Bonchev–Trinajstić information content (AvgIpc) is 3.57. The Bertz CT molecular complexity index is 1310. The van der Waals surface area contributed by atoms with Gasteiger partial charge in [-0.1, -0.05) is 51.1 Å². The lowest BCUT2D eigenvalue weighted by atomic mass is 9.87. The summed E-state index contributed by atoms with van der Waals surface area (Å²) in [4.78, 5) is 28.1. The van der Waals surface area contributed by atoms with Crippen molar-refractivity contribution in [3.8, 4) is 5.69 Å². The van der Waals surface area contributed by atoms with Crippen molar-refractivity contribution in [1.29, 1.82) is 0 Å². The molecule has 1 N–H and O–H groups in total. The predicted molar refractivity (Wildman–Crippen MR) is 141 cm³/mol. The number of anilines is 1. The lowest BCUT2D eigenvalue weighted by Crippen LogP contribution is -2.43. The number of hydrogen-bond donors (Lipinski definition) is 1. The van der Waals surface area contributed by atoms with E-state index in [0.717, 1.165) is 40.9 Å². The lowest BCUT2D eigenvalue weighted by Gasteiger charge is -2.24. The third-order valence-corrected chi connectivity index (χ3v) is 7.81. The summed E-state index contributed by atoms with van der Waals surface area (Å²) >= 11 is 1.50. The van der Waals surface area contributed by atoms with Crippen LogP contribution in [0.15, 0.2) is 48.5 Å². The molecule has 2 aliphatic rings. The molecule has 0 radical (unpaired) electrons. The van der Waals surface area contributed by atoms with Crippen molar-refractivity contribution in [2.45, 2.75) is 57.2 Å². The smallest absolute Gasteiger partial charge is 0.240 e. The number of nitrogens with one attached hydrogen (secondary N) is 1. The first-order valence-electron chi connectivity index (χ1n) is 12.3. The Morgan fingerprint density at radius 3 is 2.47 bits per heavy atom. The van der Waals surface area contributed by atoms with Gasteiger partial charge in [-0.3, -0.25) is 14.5 Å². The normalized spacial score (nSPS) is 18.1. The maximum absolute atomic E-state index is 13.8. The summed E-state index contributed by atoms with van der Waals surface area (Å²) in [5, 5.41) is 7.87. The fraction of sp³-hybridized carbons (Fsp3) is 0.393. The first kappa shape index (κ1) is 24.6. The van der Waals surface area contributed by atoms with E-state index < -0.39 is 0 Å². The van der Waals surface area contributed by atoms with Crippen molar-refractivity contribution >= 4 is 29.4 Å². The van der Waals surface area contributed by atoms with Gasteiger partial charge >= 0.3 is 0 Å². The zero-order valence-corrected chi connectivity index (χ0v) is 21.9. The van der Waals surface area contributed by atoms with Gasteiger partial charge in [-0.15, -0.1) is 11.8 Å². The van der Waals surface area contributed by atoms with Crippen molar-refractivity contribution in [1.82, 2.24) is 15.1 Å². The summed E-state index contributed by atoms with van der Waals surface area (Å²) < 4.78 is 15.6. The number of aryl methyl sites for hydroxylation is 1. The second-order valence-corrected chi connectivity index (χ2v) is 11.7. The Hall–Kier alpha value is -3.13. The van der Waals surface area contributed by atoms with E-state index in [1.165, 1.54) is 23.9 Å². The van der Waals surface area contributed by atoms with Crippen LogP contribution in [0, 0.1) is 12.7 Å². The van der Waals surface area contributed by atoms with Crippen LogP contribution in [0.4, 0.5) is 10.2 Å². The van der Waals surface area contributed by atoms with Gasteiger partial charge in [-0.25, -0.2) is 9.07 Å². The van der Waals surface area contributed by atoms with Crippen LogP contribution in [-0.4, -0.2) is 39.9 Å². The molecule has 1 aliphatic carbocycles. The number of amides is 2. The maximum atomic E-state index is 13.8. The molecular formula is C28H31FN4O2S. The topological polar surface area (TPSA) is 67.2 Å². The summed E-state index contributed by atoms with van der Waals surface area (Å²) in [6.07, 6.45) is 1.95. The van der Waals surface area contributed by atoms with Crippen LogP contribution in [0.1, 0.15) is 61.2 Å². The number of hydrogen-bond acceptors (Lipinski definition) is 4. The molecule has 1 aromatic heterocycles. The van der Waals surface area contributed by atoms with Crippen molar-refractivity contribution in [2.24, 2.45) is 0 Å². The molecule has 8 heteroatoms. The van der Waals surface area contributed by atoms with E-state index in [0.29, 0.717) is 5.82 Å². The fourth-order valence-corrected chi connectivity index (χ4v) is 5.79. The Labute approximate surface area is 215 Å². The van der Waals surface area contributed by atoms with Gasteiger partial charge in [0.25, 0.3) is 0 Å². The highest BCUT2D eigenvalue weighted by Gasteiger charge is 2.40. The molecule has 0 saturated heterocycles. The average molecular weight is 507 g/mol. The van der Waals surface area contributed by atoms with Crippen molar-refractivity contribution in [3.63, 3.8) is 0 Å². The van der Waals surface area contributed by atoms with Gasteiger partial charge in [0.05, 0.1) is 22.4 Å². The molecule has 3 aromatic rings. The SMILES string of the molecule is Cc1ccccc1-n1nc(C(C)(C)C)c2c1N(CC(=O)NC1CC1)C(=O)CS[C@H]2c1ccc(F)cc1. The molecule has 5 rings (SSSR count). The maximum Gasteiger partial charge on any atom is 0.240 e. The Morgan fingerprint density at radius 1 is 1.14 bits per heavy atom. The molecular weight excluding hydrogens is 475 g/mol. The van der Waals surface area contributed by atoms with E-state index in [1.807, 2.05) is 35.9 Å². The number of rotatable bonds is 5. The quantitative estimate of drug-likeness (QED) is 0.525. The molecule has 1 aliphatic heterocycles. The standard InChI is InChI=1S/C28H31FN4O2S/c1-17-7-5-6-8-21(17)33-27-24(26(31-33)28(2,3)4)25(18-9-11-19(29)12-10-18)36-16-23(35)32(27)15-22(34)30-20-13-14-20/h5-12,20,25H,13-16H2,1-4H3,(H,30,34)/t25-/m0/s1. The first-order valence-corrected chi connectivity index (χ1v) is 13.3. The Kier molecular flexibility index (Phi) is 6.41. The van der Waals surface area contributed by atoms with E-state index in [1.54, 1.807) is 17.0 Å². The van der Waals surface area contributed by atoms with Gasteiger partial charge in [0.1, 0.15) is 18.2 Å². The molecule has 0 bridgehead atoms. The van der Waals surface area contributed by atoms with Crippen LogP contribution in [0.2, 0.25) is 0 Å². The number of thioether (sulfide) groups is 1. The van der Waals surface area contributed by atoms with Gasteiger partial charge in [-0.2, -0.15) is 5.10 Å². The molecule has 2 aromatic carbocycles. The van der Waals surface area contributed by atoms with Crippen molar-refractivity contribution in [3.05, 3.63) is 76.7 Å². The highest BCUT2D eigenvalue weighted by molar-refractivity contribution is 8.00. The Balaban J connectivity index is 1.75. The number of carbonyl (C=O) groups excluding carboxylic acids is 2. The van der Waals surface area contributed by atoms with Gasteiger partial charge in [0.15, 0.2) is 0 Å². The van der Waals surface area contributed by atoms with Crippen LogP contribution >= 0.6 is 11.8 Å². The first-order chi connectivity index (χ1) is 17.1. The largest absolute Gasteiger partial charge is 0.352 e. The third-order valence-electron chi connectivity index (χ3n) is 6.56. The lowest BCUT2D eigenvalue weighted by molar-refractivity contribution is -0.123. The minimum atomic E-state index is -0.341. The molecule has 1 atom stereocenters. The van der Waals surface area contributed by atoms with Crippen molar-refractivity contribution in [2.75, 3.05) is 17.2 Å². The van der Waals surface area contributed by atoms with E-state index in [9.17, 15) is 14.0 Å². The number of benzene rings is 2. The molecule has 6 nitrogen and oxygen atoms in total. The summed E-state index contributed by atoms with van der Waals surface area (Å²) in [7, 11) is 0. The second-order valence-electron chi connectivity index (χ2n) is 10.6. The van der Waals surface area contributed by atoms with Crippen LogP contribution in [-0.2, 0) is 15.0 Å². The molecule has 0 unspecified atom stereocenters. The molecule has 1 fully saturated rings. The second kappa shape index (κ2) is 9.39. The van der Waals surface area contributed by atoms with Gasteiger partial charge in [0.2, 0.25) is 11.8 Å². The van der Waals surface area contributed by atoms with Gasteiger partial charge in [-0.05, 0) is 49.1 Å². The zero-order valence-electron chi connectivity index (χ0n) is 21.0. The molecule has 2 amide bonds. The van der Waals surface area contributed by atoms with Crippen LogP contribution in [0.5, 0.6) is 0 Å². The summed E-state index contributed by atoms with van der Waals surface area (Å²) in [5.41, 5.74) is 4.17. The summed E-state index contributed by atoms with van der Waals surface area (Å²) in [6, 6.07) is 14.5. The molecule has 36 heavy (non-hydrogen) atoms. The van der Waals surface area contributed by atoms with E-state index in [2.05, 4.69) is 26.1 Å². The van der Waals surface area contributed by atoms with E-state index in [4.69, 9.17) is 5.10 Å². The highest BCUT2D eigenvalue weighted by atomic mass is 32.2. The zero-order chi connectivity index (χ0) is 25.6. The third kappa shape index (κ3) is 4.78.